The number of carbonyl (C=O) groups excluding carboxylic acids is 4. The van der Waals surface area contributed by atoms with Gasteiger partial charge >= 0.3 is 11.9 Å². The molecule has 3 N–H and O–H groups in total. The number of hydrogen-bond acceptors (Lipinski definition) is 9. The fourth-order valence-electron chi connectivity index (χ4n) is 3.65. The molecule has 0 saturated heterocycles. The molecule has 11 nitrogen and oxygen atoms in total. The van der Waals surface area contributed by atoms with E-state index in [-0.39, 0.29) is 24.5 Å². The van der Waals surface area contributed by atoms with Crippen molar-refractivity contribution in [2.45, 2.75) is 39.0 Å². The van der Waals surface area contributed by atoms with E-state index in [1.807, 2.05) is 30.3 Å². The van der Waals surface area contributed by atoms with Gasteiger partial charge in [0.25, 0.3) is 0 Å². The standard InChI is InChI=1S/C30H36N2O9S/c1-5-40-25-12-11-22(41-16-28(37)39-4)13-21(25)14-26(34)32-29(19(2)3)30(38)31-23(15-27(35)36)24(33)18-42-17-20-9-7-6-8-10-20/h6-13,15,19,29H,5,14,16-18H2,1-4H3,(H,31,38)(H,32,34)(H,35,36)/b23-15+/t29-/m0/s1. The van der Waals surface area contributed by atoms with Gasteiger partial charge in [0.05, 0.1) is 37.7 Å². The van der Waals surface area contributed by atoms with E-state index < -0.39 is 41.5 Å². The van der Waals surface area contributed by atoms with Crippen molar-refractivity contribution in [2.24, 2.45) is 5.92 Å². The SMILES string of the molecule is CCOc1ccc(OCC(=O)OC)cc1CC(=O)N[C@H](C(=O)N/C(=C/C(=O)O)C(=O)CSCc1ccccc1)C(C)C. The molecule has 2 aromatic rings. The second-order valence-electron chi connectivity index (χ2n) is 9.32. The average molecular weight is 601 g/mol. The lowest BCUT2D eigenvalue weighted by Gasteiger charge is -2.22. The van der Waals surface area contributed by atoms with E-state index in [0.717, 1.165) is 5.56 Å². The van der Waals surface area contributed by atoms with Gasteiger partial charge in [-0.05, 0) is 36.6 Å². The van der Waals surface area contributed by atoms with Crippen molar-refractivity contribution in [2.75, 3.05) is 26.1 Å². The van der Waals surface area contributed by atoms with E-state index in [9.17, 15) is 29.1 Å². The van der Waals surface area contributed by atoms with Crippen LogP contribution in [0, 0.1) is 5.92 Å². The quantitative estimate of drug-likeness (QED) is 0.182. The fraction of sp³-hybridized carbons (Fsp3) is 0.367. The van der Waals surface area contributed by atoms with Crippen molar-refractivity contribution < 1.29 is 43.3 Å². The summed E-state index contributed by atoms with van der Waals surface area (Å²) in [4.78, 5) is 61.8. The number of Topliss-reactive ketones (excluding diaryl/α,β-unsaturated/α-hetero) is 1. The molecule has 2 amide bonds. The molecule has 0 aliphatic rings. The number of ether oxygens (including phenoxy) is 3. The smallest absolute Gasteiger partial charge is 0.343 e. The molecule has 42 heavy (non-hydrogen) atoms. The van der Waals surface area contributed by atoms with Gasteiger partial charge in [-0.15, -0.1) is 11.8 Å². The number of carboxylic acids is 1. The van der Waals surface area contributed by atoms with Crippen LogP contribution in [0.5, 0.6) is 11.5 Å². The van der Waals surface area contributed by atoms with Gasteiger partial charge in [0.2, 0.25) is 11.8 Å². The first-order valence-corrected chi connectivity index (χ1v) is 14.3. The molecular weight excluding hydrogens is 564 g/mol. The predicted octanol–water partition coefficient (Wildman–Crippen LogP) is 2.91. The molecule has 0 bridgehead atoms. The number of hydrogen-bond donors (Lipinski definition) is 3. The third kappa shape index (κ3) is 11.7. The summed E-state index contributed by atoms with van der Waals surface area (Å²) in [5.41, 5.74) is 1.08. The number of allylic oxidation sites excluding steroid dienone is 1. The Morgan fingerprint density at radius 3 is 2.36 bits per heavy atom. The van der Waals surface area contributed by atoms with Crippen LogP contribution < -0.4 is 20.1 Å². The van der Waals surface area contributed by atoms with Crippen molar-refractivity contribution in [1.82, 2.24) is 10.6 Å². The minimum absolute atomic E-state index is 0.0540. The van der Waals surface area contributed by atoms with Crippen LogP contribution in [0.25, 0.3) is 0 Å². The van der Waals surface area contributed by atoms with Crippen molar-refractivity contribution in [3.8, 4) is 11.5 Å². The minimum atomic E-state index is -1.39. The number of esters is 1. The topological polar surface area (TPSA) is 157 Å². The summed E-state index contributed by atoms with van der Waals surface area (Å²) in [6.45, 7) is 5.21. The van der Waals surface area contributed by atoms with Gasteiger partial charge in [-0.1, -0.05) is 44.2 Å². The maximum Gasteiger partial charge on any atom is 0.343 e. The maximum atomic E-state index is 13.2. The number of nitrogens with one attached hydrogen (secondary N) is 2. The Labute approximate surface area is 249 Å². The molecule has 226 valence electrons. The number of thioether (sulfide) groups is 1. The molecule has 0 heterocycles. The van der Waals surface area contributed by atoms with E-state index >= 15 is 0 Å². The number of rotatable bonds is 17. The van der Waals surface area contributed by atoms with Crippen LogP contribution in [-0.2, 0) is 40.9 Å². The summed E-state index contributed by atoms with van der Waals surface area (Å²) in [6.07, 6.45) is 0.463. The number of carboxylic acid groups (broad SMARTS) is 1. The van der Waals surface area contributed by atoms with Crippen LogP contribution >= 0.6 is 11.8 Å². The molecule has 0 radical (unpaired) electrons. The Morgan fingerprint density at radius 1 is 1.02 bits per heavy atom. The molecule has 0 fully saturated rings. The molecule has 0 unspecified atom stereocenters. The molecule has 0 aliphatic carbocycles. The lowest BCUT2D eigenvalue weighted by molar-refractivity contribution is -0.143. The highest BCUT2D eigenvalue weighted by Gasteiger charge is 2.27. The normalized spacial score (nSPS) is 11.8. The molecule has 12 heteroatoms. The Kier molecular flexibility index (Phi) is 14.1. The first kappa shape index (κ1) is 33.9. The van der Waals surface area contributed by atoms with Crippen LogP contribution in [0.2, 0.25) is 0 Å². The molecule has 0 aliphatic heterocycles. The Balaban J connectivity index is 2.10. The number of benzene rings is 2. The van der Waals surface area contributed by atoms with E-state index in [0.29, 0.717) is 35.5 Å². The van der Waals surface area contributed by atoms with E-state index in [1.54, 1.807) is 39.0 Å². The van der Waals surface area contributed by atoms with Gasteiger partial charge in [0.1, 0.15) is 17.5 Å². The number of ketones is 1. The predicted molar refractivity (Wildman–Crippen MR) is 157 cm³/mol. The summed E-state index contributed by atoms with van der Waals surface area (Å²) < 4.78 is 15.6. The highest BCUT2D eigenvalue weighted by Crippen LogP contribution is 2.25. The maximum absolute atomic E-state index is 13.2. The fourth-order valence-corrected chi connectivity index (χ4v) is 4.52. The van der Waals surface area contributed by atoms with E-state index in [1.165, 1.54) is 18.9 Å². The summed E-state index contributed by atoms with van der Waals surface area (Å²) in [7, 11) is 1.24. The van der Waals surface area contributed by atoms with Gasteiger partial charge in [-0.2, -0.15) is 0 Å². The lowest BCUT2D eigenvalue weighted by atomic mass is 10.0. The molecule has 2 aromatic carbocycles. The Bertz CT molecular complexity index is 1280. The second kappa shape index (κ2) is 17.5. The van der Waals surface area contributed by atoms with Gasteiger partial charge in [0.15, 0.2) is 12.4 Å². The molecule has 0 aromatic heterocycles. The average Bonchev–Trinajstić information content (AvgIpc) is 2.95. The summed E-state index contributed by atoms with van der Waals surface area (Å²) in [6, 6.07) is 13.1. The summed E-state index contributed by atoms with van der Waals surface area (Å²) in [5.74, 6) is -2.96. The van der Waals surface area contributed by atoms with Crippen molar-refractivity contribution >= 4 is 41.3 Å². The molecule has 2 rings (SSSR count). The van der Waals surface area contributed by atoms with Crippen LogP contribution in [0.4, 0.5) is 0 Å². The zero-order chi connectivity index (χ0) is 31.1. The lowest BCUT2D eigenvalue weighted by Crippen LogP contribution is -2.50. The number of methoxy groups -OCH3 is 1. The van der Waals surface area contributed by atoms with Crippen LogP contribution in [-0.4, -0.2) is 66.8 Å². The monoisotopic (exact) mass is 600 g/mol. The highest BCUT2D eigenvalue weighted by atomic mass is 32.2. The number of carbonyl (C=O) groups is 5. The highest BCUT2D eigenvalue weighted by molar-refractivity contribution is 7.99. The zero-order valence-electron chi connectivity index (χ0n) is 24.0. The first-order valence-electron chi connectivity index (χ1n) is 13.2. The van der Waals surface area contributed by atoms with Crippen molar-refractivity contribution in [3.63, 3.8) is 0 Å². The summed E-state index contributed by atoms with van der Waals surface area (Å²) in [5, 5.41) is 14.3. The number of aliphatic carboxylic acids is 1. The van der Waals surface area contributed by atoms with Crippen LogP contribution in [0.1, 0.15) is 31.9 Å². The molecular formula is C30H36N2O9S. The first-order chi connectivity index (χ1) is 20.0. The second-order valence-corrected chi connectivity index (χ2v) is 10.3. The Hall–Kier alpha value is -4.32. The van der Waals surface area contributed by atoms with Crippen LogP contribution in [0.15, 0.2) is 60.3 Å². The third-order valence-electron chi connectivity index (χ3n) is 5.70. The molecule has 1 atom stereocenters. The molecule has 0 spiro atoms. The largest absolute Gasteiger partial charge is 0.494 e. The van der Waals surface area contributed by atoms with Gasteiger partial charge in [-0.25, -0.2) is 9.59 Å². The van der Waals surface area contributed by atoms with Gasteiger partial charge in [0, 0.05) is 11.3 Å². The van der Waals surface area contributed by atoms with Crippen LogP contribution in [0.3, 0.4) is 0 Å². The van der Waals surface area contributed by atoms with E-state index in [4.69, 9.17) is 9.47 Å². The van der Waals surface area contributed by atoms with Crippen molar-refractivity contribution in [1.29, 1.82) is 0 Å². The number of amides is 2. The third-order valence-corrected chi connectivity index (χ3v) is 6.71. The van der Waals surface area contributed by atoms with Crippen molar-refractivity contribution in [3.05, 3.63) is 71.4 Å². The molecule has 0 saturated carbocycles. The van der Waals surface area contributed by atoms with E-state index in [2.05, 4.69) is 15.4 Å². The summed E-state index contributed by atoms with van der Waals surface area (Å²) >= 11 is 1.28. The minimum Gasteiger partial charge on any atom is -0.494 e. The van der Waals surface area contributed by atoms with Gasteiger partial charge < -0.3 is 30.0 Å². The Morgan fingerprint density at radius 2 is 1.74 bits per heavy atom. The van der Waals surface area contributed by atoms with Gasteiger partial charge in [-0.3, -0.25) is 14.4 Å². The zero-order valence-corrected chi connectivity index (χ0v) is 24.8.